The summed E-state index contributed by atoms with van der Waals surface area (Å²) in [5, 5.41) is 0. The summed E-state index contributed by atoms with van der Waals surface area (Å²) in [5.41, 5.74) is 1.13. The van der Waals surface area contributed by atoms with Gasteiger partial charge in [0.15, 0.2) is 0 Å². The number of carbonyl (C=O) groups is 2. The van der Waals surface area contributed by atoms with Crippen molar-refractivity contribution < 1.29 is 14.3 Å². The van der Waals surface area contributed by atoms with Gasteiger partial charge < -0.3 is 9.64 Å². The van der Waals surface area contributed by atoms with Gasteiger partial charge in [-0.15, -0.1) is 0 Å². The van der Waals surface area contributed by atoms with Gasteiger partial charge in [0.05, 0.1) is 13.7 Å². The number of carbonyl (C=O) groups excluding carboxylic acids is 2. The highest BCUT2D eigenvalue weighted by atomic mass is 16.5. The molecule has 1 aliphatic rings. The largest absolute Gasteiger partial charge is 0.468 e. The van der Waals surface area contributed by atoms with Crippen LogP contribution in [0.1, 0.15) is 25.3 Å². The number of methoxy groups -OCH3 is 1. The summed E-state index contributed by atoms with van der Waals surface area (Å²) in [5.74, 6) is -0.0955. The molecule has 22 heavy (non-hydrogen) atoms. The second kappa shape index (κ2) is 7.94. The molecule has 120 valence electrons. The summed E-state index contributed by atoms with van der Waals surface area (Å²) < 4.78 is 4.73. The van der Waals surface area contributed by atoms with Gasteiger partial charge in [-0.3, -0.25) is 14.5 Å². The maximum Gasteiger partial charge on any atom is 0.319 e. The van der Waals surface area contributed by atoms with Crippen LogP contribution >= 0.6 is 0 Å². The molecule has 1 aromatic rings. The van der Waals surface area contributed by atoms with Gasteiger partial charge in [-0.25, -0.2) is 0 Å². The third-order valence-corrected chi connectivity index (χ3v) is 4.12. The molecule has 0 unspecified atom stereocenters. The predicted octanol–water partition coefficient (Wildman–Crippen LogP) is 1.67. The number of hydrogen-bond donors (Lipinski definition) is 0. The lowest BCUT2D eigenvalue weighted by Crippen LogP contribution is -2.43. The number of ether oxygens (including phenoxy) is 1. The van der Waals surface area contributed by atoms with E-state index in [9.17, 15) is 9.59 Å². The minimum absolute atomic E-state index is 0.125. The molecule has 1 aliphatic heterocycles. The topological polar surface area (TPSA) is 49.9 Å². The van der Waals surface area contributed by atoms with Crippen molar-refractivity contribution in [2.45, 2.75) is 32.4 Å². The predicted molar refractivity (Wildman–Crippen MR) is 84.1 cm³/mol. The molecule has 0 bridgehead atoms. The van der Waals surface area contributed by atoms with E-state index in [0.29, 0.717) is 26.1 Å². The molecule has 0 N–H and O–H groups in total. The highest BCUT2D eigenvalue weighted by Gasteiger charge is 2.29. The fourth-order valence-electron chi connectivity index (χ4n) is 2.83. The molecule has 1 amide bonds. The van der Waals surface area contributed by atoms with Crippen molar-refractivity contribution in [3.63, 3.8) is 0 Å². The molecule has 1 aromatic carbocycles. The van der Waals surface area contributed by atoms with Gasteiger partial charge in [-0.05, 0) is 12.0 Å². The number of nitrogens with zero attached hydrogens (tertiary/aromatic N) is 2. The molecule has 0 aliphatic carbocycles. The monoisotopic (exact) mass is 304 g/mol. The van der Waals surface area contributed by atoms with Gasteiger partial charge in [-0.1, -0.05) is 37.3 Å². The Labute approximate surface area is 131 Å². The number of esters is 1. The summed E-state index contributed by atoms with van der Waals surface area (Å²) >= 11 is 0. The second-order valence-electron chi connectivity index (χ2n) is 5.63. The van der Waals surface area contributed by atoms with Gasteiger partial charge in [0.2, 0.25) is 5.91 Å². The highest BCUT2D eigenvalue weighted by Crippen LogP contribution is 2.17. The average molecular weight is 304 g/mol. The van der Waals surface area contributed by atoms with E-state index in [1.165, 1.54) is 7.11 Å². The van der Waals surface area contributed by atoms with Gasteiger partial charge in [-0.2, -0.15) is 0 Å². The summed E-state index contributed by atoms with van der Waals surface area (Å²) in [7, 11) is 1.39. The quantitative estimate of drug-likeness (QED) is 0.777. The molecule has 0 spiro atoms. The van der Waals surface area contributed by atoms with E-state index in [1.807, 2.05) is 40.1 Å². The third kappa shape index (κ3) is 4.31. The van der Waals surface area contributed by atoms with Crippen molar-refractivity contribution in [2.24, 2.45) is 0 Å². The fourth-order valence-corrected chi connectivity index (χ4v) is 2.83. The zero-order valence-electron chi connectivity index (χ0n) is 13.3. The normalized spacial score (nSPS) is 19.8. The number of hydrogen-bond acceptors (Lipinski definition) is 4. The van der Waals surface area contributed by atoms with E-state index >= 15 is 0 Å². The summed E-state index contributed by atoms with van der Waals surface area (Å²) in [6.07, 6.45) is 1.32. The standard InChI is InChI=1S/C17H24N2O3/c1-3-15-12-18(13-17(21)22-2)10-9-16(20)19(15)11-14-7-5-4-6-8-14/h4-8,15H,3,9-13H2,1-2H3/t15-/m0/s1. The lowest BCUT2D eigenvalue weighted by atomic mass is 10.1. The smallest absolute Gasteiger partial charge is 0.319 e. The van der Waals surface area contributed by atoms with Crippen LogP contribution in [0.3, 0.4) is 0 Å². The van der Waals surface area contributed by atoms with Crippen LogP contribution in [0.15, 0.2) is 30.3 Å². The van der Waals surface area contributed by atoms with Crippen LogP contribution in [0, 0.1) is 0 Å². The Kier molecular flexibility index (Phi) is 5.95. The molecule has 2 rings (SSSR count). The van der Waals surface area contributed by atoms with Crippen molar-refractivity contribution in [1.82, 2.24) is 9.80 Å². The lowest BCUT2D eigenvalue weighted by molar-refractivity contribution is -0.142. The maximum absolute atomic E-state index is 12.5. The molecular formula is C17H24N2O3. The van der Waals surface area contributed by atoms with Crippen molar-refractivity contribution in [3.8, 4) is 0 Å². The second-order valence-corrected chi connectivity index (χ2v) is 5.63. The Bertz CT molecular complexity index is 504. The van der Waals surface area contributed by atoms with Crippen LogP contribution < -0.4 is 0 Å². The molecule has 1 fully saturated rings. The molecule has 5 heteroatoms. The Hall–Kier alpha value is -1.88. The molecule has 5 nitrogen and oxygen atoms in total. The van der Waals surface area contributed by atoms with Crippen LogP contribution in [-0.4, -0.2) is 54.5 Å². The molecule has 1 saturated heterocycles. The summed E-state index contributed by atoms with van der Waals surface area (Å²) in [4.78, 5) is 27.9. The van der Waals surface area contributed by atoms with Crippen LogP contribution in [0.2, 0.25) is 0 Å². The van der Waals surface area contributed by atoms with E-state index in [-0.39, 0.29) is 24.5 Å². The van der Waals surface area contributed by atoms with Crippen LogP contribution in [0.25, 0.3) is 0 Å². The van der Waals surface area contributed by atoms with Crippen LogP contribution in [0.5, 0.6) is 0 Å². The van der Waals surface area contributed by atoms with Gasteiger partial charge in [0.25, 0.3) is 0 Å². The van der Waals surface area contributed by atoms with Crippen molar-refractivity contribution in [3.05, 3.63) is 35.9 Å². The lowest BCUT2D eigenvalue weighted by Gasteiger charge is -2.31. The van der Waals surface area contributed by atoms with Crippen molar-refractivity contribution in [1.29, 1.82) is 0 Å². The first-order valence-electron chi connectivity index (χ1n) is 7.76. The molecule has 1 heterocycles. The zero-order chi connectivity index (χ0) is 15.9. The Morgan fingerprint density at radius 2 is 2.05 bits per heavy atom. The van der Waals surface area contributed by atoms with E-state index in [0.717, 1.165) is 12.0 Å². The van der Waals surface area contributed by atoms with Crippen LogP contribution in [-0.2, 0) is 20.9 Å². The number of benzene rings is 1. The Morgan fingerprint density at radius 1 is 1.32 bits per heavy atom. The Balaban J connectivity index is 2.08. The first kappa shape index (κ1) is 16.5. The van der Waals surface area contributed by atoms with Gasteiger partial charge in [0.1, 0.15) is 0 Å². The SMILES string of the molecule is CC[C@H]1CN(CC(=O)OC)CCC(=O)N1Cc1ccccc1. The highest BCUT2D eigenvalue weighted by molar-refractivity contribution is 5.77. The number of rotatable bonds is 5. The van der Waals surface area contributed by atoms with E-state index in [1.54, 1.807) is 0 Å². The average Bonchev–Trinajstić information content (AvgIpc) is 2.69. The van der Waals surface area contributed by atoms with Gasteiger partial charge in [0, 0.05) is 32.1 Å². The van der Waals surface area contributed by atoms with Gasteiger partial charge >= 0.3 is 5.97 Å². The van der Waals surface area contributed by atoms with Crippen LogP contribution in [0.4, 0.5) is 0 Å². The molecule has 0 saturated carbocycles. The molecular weight excluding hydrogens is 280 g/mol. The molecule has 0 aromatic heterocycles. The van der Waals surface area contributed by atoms with Crippen molar-refractivity contribution >= 4 is 11.9 Å². The third-order valence-electron chi connectivity index (χ3n) is 4.12. The van der Waals surface area contributed by atoms with E-state index in [4.69, 9.17) is 4.74 Å². The summed E-state index contributed by atoms with van der Waals surface area (Å²) in [6, 6.07) is 10.2. The van der Waals surface area contributed by atoms with E-state index < -0.39 is 0 Å². The minimum Gasteiger partial charge on any atom is -0.468 e. The number of amides is 1. The molecule has 0 radical (unpaired) electrons. The maximum atomic E-state index is 12.5. The zero-order valence-corrected chi connectivity index (χ0v) is 13.3. The van der Waals surface area contributed by atoms with Crippen molar-refractivity contribution in [2.75, 3.05) is 26.7 Å². The van der Waals surface area contributed by atoms with E-state index in [2.05, 4.69) is 6.92 Å². The first-order valence-corrected chi connectivity index (χ1v) is 7.76. The summed E-state index contributed by atoms with van der Waals surface area (Å²) in [6.45, 7) is 4.28. The Morgan fingerprint density at radius 3 is 2.68 bits per heavy atom. The molecule has 1 atom stereocenters. The fraction of sp³-hybridized carbons (Fsp3) is 0.529. The minimum atomic E-state index is -0.251. The first-order chi connectivity index (χ1) is 10.6.